The standard InChI is InChI=1S/C16H17N3O/c1-12-8-9-13(10-17)16(18-12)19(2)11-14-6-4-5-7-15(14)20-3/h4-9H,11H2,1-3H3. The predicted octanol–water partition coefficient (Wildman–Crippen LogP) is 2.91. The fourth-order valence-corrected chi connectivity index (χ4v) is 2.09. The van der Waals surface area contributed by atoms with Gasteiger partial charge in [0, 0.05) is 24.8 Å². The molecule has 0 aliphatic carbocycles. The smallest absolute Gasteiger partial charge is 0.146 e. The summed E-state index contributed by atoms with van der Waals surface area (Å²) in [6.07, 6.45) is 0. The van der Waals surface area contributed by atoms with Crippen molar-refractivity contribution >= 4 is 5.82 Å². The fraction of sp³-hybridized carbons (Fsp3) is 0.250. The van der Waals surface area contributed by atoms with Crippen molar-refractivity contribution < 1.29 is 4.74 Å². The van der Waals surface area contributed by atoms with Crippen molar-refractivity contribution in [3.63, 3.8) is 0 Å². The molecule has 0 aliphatic rings. The maximum Gasteiger partial charge on any atom is 0.146 e. The van der Waals surface area contributed by atoms with Crippen molar-refractivity contribution in [3.8, 4) is 11.8 Å². The first-order valence-electron chi connectivity index (χ1n) is 6.36. The van der Waals surface area contributed by atoms with E-state index in [2.05, 4.69) is 11.1 Å². The van der Waals surface area contributed by atoms with Crippen molar-refractivity contribution in [3.05, 3.63) is 53.2 Å². The van der Waals surface area contributed by atoms with Gasteiger partial charge >= 0.3 is 0 Å². The van der Waals surface area contributed by atoms with Crippen molar-refractivity contribution in [2.75, 3.05) is 19.1 Å². The number of hydrogen-bond acceptors (Lipinski definition) is 4. The Bertz CT molecular complexity index is 646. The number of methoxy groups -OCH3 is 1. The highest BCUT2D eigenvalue weighted by Crippen LogP contribution is 2.23. The van der Waals surface area contributed by atoms with Gasteiger partial charge in [0.1, 0.15) is 17.6 Å². The highest BCUT2D eigenvalue weighted by Gasteiger charge is 2.12. The van der Waals surface area contributed by atoms with E-state index in [0.717, 1.165) is 17.0 Å². The van der Waals surface area contributed by atoms with Crippen LogP contribution in [0.2, 0.25) is 0 Å². The molecule has 0 bridgehead atoms. The molecule has 0 atom stereocenters. The van der Waals surface area contributed by atoms with Crippen LogP contribution in [0.1, 0.15) is 16.8 Å². The highest BCUT2D eigenvalue weighted by molar-refractivity contribution is 5.54. The number of aryl methyl sites for hydroxylation is 1. The second-order valence-electron chi connectivity index (χ2n) is 4.60. The zero-order valence-corrected chi connectivity index (χ0v) is 11.9. The first-order valence-corrected chi connectivity index (χ1v) is 6.36. The second-order valence-corrected chi connectivity index (χ2v) is 4.60. The normalized spacial score (nSPS) is 9.90. The monoisotopic (exact) mass is 267 g/mol. The van der Waals surface area contributed by atoms with Gasteiger partial charge in [0.05, 0.1) is 12.7 Å². The summed E-state index contributed by atoms with van der Waals surface area (Å²) in [5.74, 6) is 1.53. The zero-order valence-electron chi connectivity index (χ0n) is 11.9. The van der Waals surface area contributed by atoms with E-state index in [1.807, 2.05) is 49.2 Å². The number of rotatable bonds is 4. The molecule has 0 amide bonds. The summed E-state index contributed by atoms with van der Waals surface area (Å²) in [6, 6.07) is 13.7. The van der Waals surface area contributed by atoms with Gasteiger partial charge in [-0.2, -0.15) is 5.26 Å². The lowest BCUT2D eigenvalue weighted by atomic mass is 10.1. The van der Waals surface area contributed by atoms with E-state index in [-0.39, 0.29) is 0 Å². The Hall–Kier alpha value is -2.54. The molecule has 0 fully saturated rings. The number of anilines is 1. The Morgan fingerprint density at radius 2 is 2.00 bits per heavy atom. The Morgan fingerprint density at radius 1 is 1.25 bits per heavy atom. The third kappa shape index (κ3) is 2.89. The summed E-state index contributed by atoms with van der Waals surface area (Å²) < 4.78 is 5.35. The van der Waals surface area contributed by atoms with Crippen LogP contribution in [-0.2, 0) is 6.54 Å². The van der Waals surface area contributed by atoms with E-state index in [9.17, 15) is 5.26 Å². The van der Waals surface area contributed by atoms with Crippen LogP contribution in [0, 0.1) is 18.3 Å². The molecule has 1 aromatic carbocycles. The minimum absolute atomic E-state index is 0.577. The number of aromatic nitrogens is 1. The molecule has 4 heteroatoms. The van der Waals surface area contributed by atoms with E-state index >= 15 is 0 Å². The van der Waals surface area contributed by atoms with Crippen LogP contribution >= 0.6 is 0 Å². The summed E-state index contributed by atoms with van der Waals surface area (Å²) >= 11 is 0. The van der Waals surface area contributed by atoms with Crippen molar-refractivity contribution in [1.29, 1.82) is 5.26 Å². The van der Waals surface area contributed by atoms with Gasteiger partial charge in [0.2, 0.25) is 0 Å². The lowest BCUT2D eigenvalue weighted by Gasteiger charge is -2.21. The molecule has 1 aromatic heterocycles. The third-order valence-corrected chi connectivity index (χ3v) is 3.10. The number of pyridine rings is 1. The number of nitriles is 1. The number of nitrogens with zero attached hydrogens (tertiary/aromatic N) is 3. The summed E-state index contributed by atoms with van der Waals surface area (Å²) in [6.45, 7) is 2.55. The second kappa shape index (κ2) is 6.07. The van der Waals surface area contributed by atoms with Gasteiger partial charge in [-0.05, 0) is 25.1 Å². The lowest BCUT2D eigenvalue weighted by Crippen LogP contribution is -2.19. The molecule has 0 radical (unpaired) electrons. The fourth-order valence-electron chi connectivity index (χ4n) is 2.09. The zero-order chi connectivity index (χ0) is 14.5. The molecule has 0 N–H and O–H groups in total. The minimum atomic E-state index is 0.577. The first-order chi connectivity index (χ1) is 9.65. The Morgan fingerprint density at radius 3 is 2.70 bits per heavy atom. The molecular weight excluding hydrogens is 250 g/mol. The maximum absolute atomic E-state index is 9.18. The largest absolute Gasteiger partial charge is 0.496 e. The van der Waals surface area contributed by atoms with E-state index < -0.39 is 0 Å². The van der Waals surface area contributed by atoms with Crippen LogP contribution < -0.4 is 9.64 Å². The topological polar surface area (TPSA) is 49.1 Å². The average Bonchev–Trinajstić information content (AvgIpc) is 2.47. The highest BCUT2D eigenvalue weighted by atomic mass is 16.5. The summed E-state index contributed by atoms with van der Waals surface area (Å²) in [5.41, 5.74) is 2.53. The van der Waals surface area contributed by atoms with Crippen molar-refractivity contribution in [2.24, 2.45) is 0 Å². The molecular formula is C16H17N3O. The average molecular weight is 267 g/mol. The van der Waals surface area contributed by atoms with E-state index in [4.69, 9.17) is 4.74 Å². The van der Waals surface area contributed by atoms with Gasteiger partial charge < -0.3 is 9.64 Å². The maximum atomic E-state index is 9.18. The molecule has 102 valence electrons. The van der Waals surface area contributed by atoms with Crippen LogP contribution in [0.5, 0.6) is 5.75 Å². The lowest BCUT2D eigenvalue weighted by molar-refractivity contribution is 0.409. The molecule has 0 unspecified atom stereocenters. The molecule has 0 spiro atoms. The van der Waals surface area contributed by atoms with Gasteiger partial charge in [-0.25, -0.2) is 4.98 Å². The SMILES string of the molecule is COc1ccccc1CN(C)c1nc(C)ccc1C#N. The summed E-state index contributed by atoms with van der Waals surface area (Å²) in [5, 5.41) is 9.18. The molecule has 0 aliphatic heterocycles. The van der Waals surface area contributed by atoms with Crippen LogP contribution in [0.3, 0.4) is 0 Å². The van der Waals surface area contributed by atoms with Gasteiger partial charge in [-0.1, -0.05) is 18.2 Å². The van der Waals surface area contributed by atoms with E-state index in [1.54, 1.807) is 13.2 Å². The molecule has 0 saturated heterocycles. The van der Waals surface area contributed by atoms with Crippen LogP contribution in [0.4, 0.5) is 5.82 Å². The quantitative estimate of drug-likeness (QED) is 0.854. The Balaban J connectivity index is 2.31. The number of benzene rings is 1. The van der Waals surface area contributed by atoms with Crippen LogP contribution in [0.15, 0.2) is 36.4 Å². The number of para-hydroxylation sites is 1. The Kier molecular flexibility index (Phi) is 4.21. The molecule has 1 heterocycles. The van der Waals surface area contributed by atoms with Crippen molar-refractivity contribution in [2.45, 2.75) is 13.5 Å². The summed E-state index contributed by atoms with van der Waals surface area (Å²) in [4.78, 5) is 6.42. The minimum Gasteiger partial charge on any atom is -0.496 e. The Labute approximate surface area is 119 Å². The van der Waals surface area contributed by atoms with Crippen LogP contribution in [0.25, 0.3) is 0 Å². The van der Waals surface area contributed by atoms with E-state index in [0.29, 0.717) is 17.9 Å². The van der Waals surface area contributed by atoms with Crippen molar-refractivity contribution in [1.82, 2.24) is 4.98 Å². The predicted molar refractivity (Wildman–Crippen MR) is 78.8 cm³/mol. The molecule has 4 nitrogen and oxygen atoms in total. The third-order valence-electron chi connectivity index (χ3n) is 3.10. The first kappa shape index (κ1) is 13.9. The summed E-state index contributed by atoms with van der Waals surface area (Å²) in [7, 11) is 3.58. The number of ether oxygens (including phenoxy) is 1. The molecule has 20 heavy (non-hydrogen) atoms. The van der Waals surface area contributed by atoms with Gasteiger partial charge in [-0.3, -0.25) is 0 Å². The molecule has 0 saturated carbocycles. The number of hydrogen-bond donors (Lipinski definition) is 0. The van der Waals surface area contributed by atoms with Gasteiger partial charge in [0.25, 0.3) is 0 Å². The van der Waals surface area contributed by atoms with Gasteiger partial charge in [0.15, 0.2) is 0 Å². The van der Waals surface area contributed by atoms with Gasteiger partial charge in [-0.15, -0.1) is 0 Å². The molecule has 2 aromatic rings. The molecule has 2 rings (SSSR count). The van der Waals surface area contributed by atoms with Crippen LogP contribution in [-0.4, -0.2) is 19.1 Å². The van der Waals surface area contributed by atoms with E-state index in [1.165, 1.54) is 0 Å².